The van der Waals surface area contributed by atoms with Crippen molar-refractivity contribution in [2.75, 3.05) is 6.54 Å². The first-order valence-electron chi connectivity index (χ1n) is 3.84. The molecule has 1 saturated carbocycles. The molecule has 0 amide bonds. The van der Waals surface area contributed by atoms with Gasteiger partial charge in [0.2, 0.25) is 0 Å². The molecule has 1 aliphatic carbocycles. The van der Waals surface area contributed by atoms with Crippen LogP contribution in [0.5, 0.6) is 0 Å². The summed E-state index contributed by atoms with van der Waals surface area (Å²) in [6, 6.07) is 0. The Morgan fingerprint density at radius 1 is 1.56 bits per heavy atom. The molecular weight excluding hydrogens is 110 g/mol. The summed E-state index contributed by atoms with van der Waals surface area (Å²) in [5.41, 5.74) is 6.14. The van der Waals surface area contributed by atoms with Crippen molar-refractivity contribution in [2.24, 2.45) is 17.1 Å². The summed E-state index contributed by atoms with van der Waals surface area (Å²) in [5.74, 6) is 0.819. The van der Waals surface area contributed by atoms with Crippen LogP contribution in [0.15, 0.2) is 0 Å². The Kier molecular flexibility index (Phi) is 1.80. The third-order valence-electron chi connectivity index (χ3n) is 2.40. The van der Waals surface area contributed by atoms with Gasteiger partial charge in [0.1, 0.15) is 0 Å². The molecule has 0 heterocycles. The predicted molar refractivity (Wildman–Crippen MR) is 40.2 cm³/mol. The SMILES string of the molecule is CC1(C)CC[C@@H](CN)C1. The van der Waals surface area contributed by atoms with Crippen LogP contribution in [-0.2, 0) is 0 Å². The second-order valence-electron chi connectivity index (χ2n) is 4.01. The molecule has 0 aromatic rings. The van der Waals surface area contributed by atoms with Crippen LogP contribution in [0.3, 0.4) is 0 Å². The lowest BCUT2D eigenvalue weighted by molar-refractivity contribution is 0.362. The van der Waals surface area contributed by atoms with Gasteiger partial charge in [0.05, 0.1) is 0 Å². The first-order chi connectivity index (χ1) is 4.14. The molecule has 0 spiro atoms. The van der Waals surface area contributed by atoms with Crippen LogP contribution >= 0.6 is 0 Å². The molecule has 1 aliphatic rings. The van der Waals surface area contributed by atoms with Crippen molar-refractivity contribution in [3.63, 3.8) is 0 Å². The Morgan fingerprint density at radius 3 is 2.44 bits per heavy atom. The van der Waals surface area contributed by atoms with Crippen molar-refractivity contribution < 1.29 is 0 Å². The van der Waals surface area contributed by atoms with Gasteiger partial charge in [-0.25, -0.2) is 0 Å². The summed E-state index contributed by atoms with van der Waals surface area (Å²) in [4.78, 5) is 0. The molecule has 1 fully saturated rings. The molecule has 1 atom stereocenters. The van der Waals surface area contributed by atoms with E-state index in [9.17, 15) is 0 Å². The minimum absolute atomic E-state index is 0.587. The van der Waals surface area contributed by atoms with Crippen LogP contribution in [0.25, 0.3) is 0 Å². The van der Waals surface area contributed by atoms with Gasteiger partial charge in [0.25, 0.3) is 0 Å². The molecule has 9 heavy (non-hydrogen) atoms. The molecule has 0 aromatic heterocycles. The van der Waals surface area contributed by atoms with Gasteiger partial charge >= 0.3 is 0 Å². The Bertz CT molecular complexity index is 96.7. The van der Waals surface area contributed by atoms with Crippen LogP contribution in [0.2, 0.25) is 0 Å². The molecule has 0 aliphatic heterocycles. The van der Waals surface area contributed by atoms with E-state index >= 15 is 0 Å². The monoisotopic (exact) mass is 127 g/mol. The molecule has 2 N–H and O–H groups in total. The summed E-state index contributed by atoms with van der Waals surface area (Å²) in [6.07, 6.45) is 4.06. The Balaban J connectivity index is 2.38. The molecule has 1 nitrogen and oxygen atoms in total. The lowest BCUT2D eigenvalue weighted by atomic mass is 9.91. The van der Waals surface area contributed by atoms with Crippen molar-refractivity contribution in [1.29, 1.82) is 0 Å². The summed E-state index contributed by atoms with van der Waals surface area (Å²) in [6.45, 7) is 5.56. The van der Waals surface area contributed by atoms with Crippen molar-refractivity contribution in [2.45, 2.75) is 33.1 Å². The van der Waals surface area contributed by atoms with E-state index in [1.165, 1.54) is 19.3 Å². The summed E-state index contributed by atoms with van der Waals surface area (Å²) >= 11 is 0. The summed E-state index contributed by atoms with van der Waals surface area (Å²) in [7, 11) is 0. The molecule has 0 aromatic carbocycles. The Hall–Kier alpha value is -0.0400. The van der Waals surface area contributed by atoms with E-state index < -0.39 is 0 Å². The molecule has 0 bridgehead atoms. The maximum Gasteiger partial charge on any atom is -0.00487 e. The molecule has 54 valence electrons. The minimum atomic E-state index is 0.587. The third-order valence-corrected chi connectivity index (χ3v) is 2.40. The molecular formula is C8H17N. The number of rotatable bonds is 1. The average Bonchev–Trinajstić information content (AvgIpc) is 2.10. The topological polar surface area (TPSA) is 26.0 Å². The van der Waals surface area contributed by atoms with E-state index in [0.717, 1.165) is 12.5 Å². The van der Waals surface area contributed by atoms with Crippen molar-refractivity contribution in [3.8, 4) is 0 Å². The Morgan fingerprint density at radius 2 is 2.22 bits per heavy atom. The maximum atomic E-state index is 5.55. The van der Waals surface area contributed by atoms with Gasteiger partial charge < -0.3 is 5.73 Å². The van der Waals surface area contributed by atoms with Crippen molar-refractivity contribution >= 4 is 0 Å². The second-order valence-corrected chi connectivity index (χ2v) is 4.01. The van der Waals surface area contributed by atoms with Gasteiger partial charge in [0, 0.05) is 0 Å². The minimum Gasteiger partial charge on any atom is -0.330 e. The predicted octanol–water partition coefficient (Wildman–Crippen LogP) is 1.77. The van der Waals surface area contributed by atoms with E-state index in [1.54, 1.807) is 0 Å². The summed E-state index contributed by atoms with van der Waals surface area (Å²) in [5, 5.41) is 0. The fourth-order valence-corrected chi connectivity index (χ4v) is 1.78. The fourth-order valence-electron chi connectivity index (χ4n) is 1.78. The molecule has 1 heteroatoms. The molecule has 0 radical (unpaired) electrons. The van der Waals surface area contributed by atoms with Gasteiger partial charge in [-0.3, -0.25) is 0 Å². The van der Waals surface area contributed by atoms with Gasteiger partial charge in [-0.2, -0.15) is 0 Å². The Labute approximate surface area is 57.6 Å². The number of hydrogen-bond acceptors (Lipinski definition) is 1. The normalized spacial score (nSPS) is 33.0. The standard InChI is InChI=1S/C8H17N/c1-8(2)4-3-7(5-8)6-9/h7H,3-6,9H2,1-2H3/t7-/m1/s1. The van der Waals surface area contributed by atoms with Gasteiger partial charge in [-0.1, -0.05) is 13.8 Å². The highest BCUT2D eigenvalue weighted by molar-refractivity contribution is 4.82. The molecule has 0 unspecified atom stereocenters. The van der Waals surface area contributed by atoms with Crippen molar-refractivity contribution in [1.82, 2.24) is 0 Å². The van der Waals surface area contributed by atoms with Crippen LogP contribution in [-0.4, -0.2) is 6.54 Å². The molecule has 0 saturated heterocycles. The van der Waals surface area contributed by atoms with Gasteiger partial charge in [0.15, 0.2) is 0 Å². The number of hydrogen-bond donors (Lipinski definition) is 1. The second kappa shape index (κ2) is 2.30. The van der Waals surface area contributed by atoms with E-state index in [2.05, 4.69) is 13.8 Å². The first-order valence-corrected chi connectivity index (χ1v) is 3.84. The van der Waals surface area contributed by atoms with E-state index in [1.807, 2.05) is 0 Å². The zero-order chi connectivity index (χ0) is 6.91. The highest BCUT2D eigenvalue weighted by Crippen LogP contribution is 2.40. The van der Waals surface area contributed by atoms with Crippen LogP contribution < -0.4 is 5.73 Å². The van der Waals surface area contributed by atoms with E-state index in [-0.39, 0.29) is 0 Å². The largest absolute Gasteiger partial charge is 0.330 e. The van der Waals surface area contributed by atoms with Crippen molar-refractivity contribution in [3.05, 3.63) is 0 Å². The lowest BCUT2D eigenvalue weighted by Gasteiger charge is -2.15. The highest BCUT2D eigenvalue weighted by atomic mass is 14.6. The fraction of sp³-hybridized carbons (Fsp3) is 1.00. The summed E-state index contributed by atoms with van der Waals surface area (Å²) < 4.78 is 0. The van der Waals surface area contributed by atoms with Gasteiger partial charge in [-0.15, -0.1) is 0 Å². The third kappa shape index (κ3) is 1.68. The highest BCUT2D eigenvalue weighted by Gasteiger charge is 2.29. The smallest absolute Gasteiger partial charge is 0.00487 e. The molecule has 1 rings (SSSR count). The van der Waals surface area contributed by atoms with E-state index in [4.69, 9.17) is 5.73 Å². The van der Waals surface area contributed by atoms with Crippen LogP contribution in [0.4, 0.5) is 0 Å². The zero-order valence-electron chi connectivity index (χ0n) is 6.48. The van der Waals surface area contributed by atoms with E-state index in [0.29, 0.717) is 5.41 Å². The van der Waals surface area contributed by atoms with Gasteiger partial charge in [-0.05, 0) is 37.1 Å². The van der Waals surface area contributed by atoms with Crippen LogP contribution in [0, 0.1) is 11.3 Å². The zero-order valence-corrected chi connectivity index (χ0v) is 6.48. The quantitative estimate of drug-likeness (QED) is 0.570. The lowest BCUT2D eigenvalue weighted by Crippen LogP contribution is -2.12. The average molecular weight is 127 g/mol. The first kappa shape index (κ1) is 7.07. The maximum absolute atomic E-state index is 5.55. The van der Waals surface area contributed by atoms with Crippen LogP contribution in [0.1, 0.15) is 33.1 Å². The number of nitrogens with two attached hydrogens (primary N) is 1.